The van der Waals surface area contributed by atoms with Crippen molar-refractivity contribution in [2.24, 2.45) is 0 Å². The first-order chi connectivity index (χ1) is 12.5. The highest BCUT2D eigenvalue weighted by molar-refractivity contribution is 6.31. The molecule has 0 spiro atoms. The molecular weight excluding hydrogens is 373 g/mol. The first kappa shape index (κ1) is 18.4. The molecule has 26 heavy (non-hydrogen) atoms. The Hall–Kier alpha value is -2.37. The van der Waals surface area contributed by atoms with Crippen molar-refractivity contribution in [3.8, 4) is 0 Å². The number of carbonyl (C=O) groups excluding carboxylic acids is 1. The Bertz CT molecular complexity index is 1020. The van der Waals surface area contributed by atoms with Crippen molar-refractivity contribution >= 4 is 40.0 Å². The maximum Gasteiger partial charge on any atom is 0.258 e. The van der Waals surface area contributed by atoms with Crippen molar-refractivity contribution in [2.45, 2.75) is 19.9 Å². The Labute approximate surface area is 160 Å². The number of nitrogens with one attached hydrogen (secondary N) is 1. The van der Waals surface area contributed by atoms with E-state index in [2.05, 4.69) is 9.97 Å². The maximum atomic E-state index is 12.8. The number of benzene rings is 2. The summed E-state index contributed by atoms with van der Waals surface area (Å²) in [7, 11) is 0. The van der Waals surface area contributed by atoms with E-state index in [9.17, 15) is 9.59 Å². The summed E-state index contributed by atoms with van der Waals surface area (Å²) in [4.78, 5) is 33.9. The zero-order valence-electron chi connectivity index (χ0n) is 14.1. The predicted octanol–water partition coefficient (Wildman–Crippen LogP) is 4.28. The number of aromatic amines is 1. The lowest BCUT2D eigenvalue weighted by atomic mass is 10.2. The van der Waals surface area contributed by atoms with Gasteiger partial charge < -0.3 is 9.88 Å². The highest BCUT2D eigenvalue weighted by Crippen LogP contribution is 2.17. The summed E-state index contributed by atoms with van der Waals surface area (Å²) >= 11 is 12.0. The minimum atomic E-state index is -0.256. The van der Waals surface area contributed by atoms with Gasteiger partial charge in [0.15, 0.2) is 0 Å². The van der Waals surface area contributed by atoms with E-state index in [0.717, 1.165) is 6.42 Å². The highest BCUT2D eigenvalue weighted by Gasteiger charge is 2.17. The van der Waals surface area contributed by atoms with Crippen molar-refractivity contribution < 1.29 is 4.79 Å². The largest absolute Gasteiger partial charge is 0.331 e. The number of hydrogen-bond donors (Lipinski definition) is 1. The number of nitrogens with zero attached hydrogens (tertiary/aromatic N) is 2. The van der Waals surface area contributed by atoms with Gasteiger partial charge in [0.05, 0.1) is 17.4 Å². The highest BCUT2D eigenvalue weighted by atomic mass is 35.5. The molecule has 7 heteroatoms. The van der Waals surface area contributed by atoms with Crippen molar-refractivity contribution in [3.05, 3.63) is 74.3 Å². The fourth-order valence-corrected chi connectivity index (χ4v) is 3.10. The van der Waals surface area contributed by atoms with Crippen LogP contribution in [0.3, 0.4) is 0 Å². The van der Waals surface area contributed by atoms with E-state index < -0.39 is 0 Å². The van der Waals surface area contributed by atoms with Crippen LogP contribution < -0.4 is 5.56 Å². The quantitative estimate of drug-likeness (QED) is 0.707. The number of hydrogen-bond acceptors (Lipinski definition) is 3. The van der Waals surface area contributed by atoms with Crippen LogP contribution in [0.25, 0.3) is 10.9 Å². The van der Waals surface area contributed by atoms with E-state index in [4.69, 9.17) is 23.2 Å². The van der Waals surface area contributed by atoms with Crippen LogP contribution in [0.2, 0.25) is 10.0 Å². The average molecular weight is 390 g/mol. The monoisotopic (exact) mass is 389 g/mol. The third kappa shape index (κ3) is 4.06. The van der Waals surface area contributed by atoms with Gasteiger partial charge >= 0.3 is 0 Å². The Kier molecular flexibility index (Phi) is 5.59. The average Bonchev–Trinajstić information content (AvgIpc) is 2.60. The van der Waals surface area contributed by atoms with Gasteiger partial charge in [0, 0.05) is 22.2 Å². The number of amides is 1. The van der Waals surface area contributed by atoms with Gasteiger partial charge in [0.1, 0.15) is 5.82 Å². The molecule has 0 atom stereocenters. The van der Waals surface area contributed by atoms with Crippen LogP contribution in [0.5, 0.6) is 0 Å². The van der Waals surface area contributed by atoms with Crippen molar-refractivity contribution in [3.63, 3.8) is 0 Å². The number of H-pyrrole nitrogens is 1. The maximum absolute atomic E-state index is 12.8. The van der Waals surface area contributed by atoms with Gasteiger partial charge in [0.25, 0.3) is 11.5 Å². The third-order valence-electron chi connectivity index (χ3n) is 3.91. The van der Waals surface area contributed by atoms with Crippen molar-refractivity contribution in [2.75, 3.05) is 6.54 Å². The lowest BCUT2D eigenvalue weighted by Crippen LogP contribution is -2.32. The molecule has 1 aromatic heterocycles. The van der Waals surface area contributed by atoms with Gasteiger partial charge in [-0.2, -0.15) is 0 Å². The van der Waals surface area contributed by atoms with Gasteiger partial charge in [-0.25, -0.2) is 4.98 Å². The molecule has 0 aliphatic carbocycles. The van der Waals surface area contributed by atoms with Gasteiger partial charge in [0.2, 0.25) is 0 Å². The molecule has 0 unspecified atom stereocenters. The fraction of sp³-hybridized carbons (Fsp3) is 0.211. The Morgan fingerprint density at radius 2 is 1.92 bits per heavy atom. The lowest BCUT2D eigenvalue weighted by molar-refractivity contribution is 0.0739. The topological polar surface area (TPSA) is 66.1 Å². The van der Waals surface area contributed by atoms with E-state index in [1.807, 2.05) is 6.92 Å². The van der Waals surface area contributed by atoms with Crippen molar-refractivity contribution in [1.29, 1.82) is 0 Å². The Balaban J connectivity index is 1.94. The van der Waals surface area contributed by atoms with E-state index in [-0.39, 0.29) is 18.0 Å². The summed E-state index contributed by atoms with van der Waals surface area (Å²) in [5.74, 6) is 0.247. The Morgan fingerprint density at radius 3 is 2.65 bits per heavy atom. The normalized spacial score (nSPS) is 10.9. The van der Waals surface area contributed by atoms with Gasteiger partial charge in [-0.1, -0.05) is 36.2 Å². The SMILES string of the molecule is CCCN(Cc1nc2cc(Cl)ccc2c(=O)[nH]1)C(=O)c1cccc(Cl)c1. The zero-order valence-corrected chi connectivity index (χ0v) is 15.6. The van der Waals surface area contributed by atoms with Crippen molar-refractivity contribution in [1.82, 2.24) is 14.9 Å². The summed E-state index contributed by atoms with van der Waals surface area (Å²) in [6.45, 7) is 2.70. The zero-order chi connectivity index (χ0) is 18.7. The summed E-state index contributed by atoms with van der Waals surface area (Å²) in [5, 5.41) is 1.46. The van der Waals surface area contributed by atoms with Crippen LogP contribution in [0.1, 0.15) is 29.5 Å². The number of aromatic nitrogens is 2. The van der Waals surface area contributed by atoms with Crippen LogP contribution >= 0.6 is 23.2 Å². The second kappa shape index (κ2) is 7.89. The minimum absolute atomic E-state index is 0.164. The smallest absolute Gasteiger partial charge is 0.258 e. The van der Waals surface area contributed by atoms with Gasteiger partial charge in [-0.15, -0.1) is 0 Å². The first-order valence-corrected chi connectivity index (χ1v) is 8.97. The molecule has 1 amide bonds. The van der Waals surface area contributed by atoms with Crippen LogP contribution in [-0.4, -0.2) is 27.3 Å². The molecule has 0 saturated heterocycles. The van der Waals surface area contributed by atoms with E-state index in [1.54, 1.807) is 47.4 Å². The standard InChI is InChI=1S/C19H17Cl2N3O2/c1-2-8-24(19(26)12-4-3-5-13(20)9-12)11-17-22-16-10-14(21)6-7-15(16)18(25)23-17/h3-7,9-10H,2,8,11H2,1H3,(H,22,23,25). The van der Waals surface area contributed by atoms with Crippen LogP contribution in [0.4, 0.5) is 0 Å². The summed E-state index contributed by atoms with van der Waals surface area (Å²) < 4.78 is 0. The molecule has 2 aromatic carbocycles. The molecule has 1 N–H and O–H groups in total. The first-order valence-electron chi connectivity index (χ1n) is 8.21. The van der Waals surface area contributed by atoms with Crippen LogP contribution in [0, 0.1) is 0 Å². The second-order valence-electron chi connectivity index (χ2n) is 5.91. The molecule has 0 aliphatic heterocycles. The number of halogens is 2. The summed E-state index contributed by atoms with van der Waals surface area (Å²) in [6, 6.07) is 11.7. The molecule has 0 fully saturated rings. The molecule has 1 heterocycles. The third-order valence-corrected chi connectivity index (χ3v) is 4.38. The molecule has 134 valence electrons. The van der Waals surface area contributed by atoms with Gasteiger partial charge in [-0.05, 0) is 42.8 Å². The number of rotatable bonds is 5. The second-order valence-corrected chi connectivity index (χ2v) is 6.78. The van der Waals surface area contributed by atoms with E-state index in [1.165, 1.54) is 0 Å². The lowest BCUT2D eigenvalue weighted by Gasteiger charge is -2.22. The van der Waals surface area contributed by atoms with E-state index in [0.29, 0.717) is 38.9 Å². The molecule has 0 bridgehead atoms. The number of carbonyl (C=O) groups is 1. The van der Waals surface area contributed by atoms with Crippen LogP contribution in [-0.2, 0) is 6.54 Å². The minimum Gasteiger partial charge on any atom is -0.331 e. The van der Waals surface area contributed by atoms with Gasteiger partial charge in [-0.3, -0.25) is 9.59 Å². The van der Waals surface area contributed by atoms with Crippen LogP contribution in [0.15, 0.2) is 47.3 Å². The summed E-state index contributed by atoms with van der Waals surface area (Å²) in [5.41, 5.74) is 0.744. The van der Waals surface area contributed by atoms with E-state index >= 15 is 0 Å². The molecular formula is C19H17Cl2N3O2. The summed E-state index contributed by atoms with van der Waals surface area (Å²) in [6.07, 6.45) is 0.774. The molecule has 3 rings (SSSR count). The Morgan fingerprint density at radius 1 is 1.15 bits per heavy atom. The molecule has 0 saturated carbocycles. The molecule has 0 radical (unpaired) electrons. The fourth-order valence-electron chi connectivity index (χ4n) is 2.74. The number of fused-ring (bicyclic) bond motifs is 1. The molecule has 5 nitrogen and oxygen atoms in total. The molecule has 3 aromatic rings. The molecule has 0 aliphatic rings. The predicted molar refractivity (Wildman–Crippen MR) is 104 cm³/mol.